The second kappa shape index (κ2) is 4.82. The molecule has 0 heterocycles. The normalized spacial score (nSPS) is 17.8. The number of benzene rings is 1. The molecule has 1 aliphatic carbocycles. The van der Waals surface area contributed by atoms with Gasteiger partial charge in [-0.3, -0.25) is 4.79 Å². The van der Waals surface area contributed by atoms with Gasteiger partial charge in [-0.2, -0.15) is 0 Å². The second-order valence-corrected chi connectivity index (χ2v) is 5.10. The Morgan fingerprint density at radius 2 is 1.81 bits per heavy atom. The highest BCUT2D eigenvalue weighted by Gasteiger charge is 2.18. The van der Waals surface area contributed by atoms with Gasteiger partial charge in [-0.25, -0.2) is 0 Å². The lowest BCUT2D eigenvalue weighted by Crippen LogP contribution is -2.15. The average molecular weight is 216 g/mol. The molecule has 0 N–H and O–H groups in total. The van der Waals surface area contributed by atoms with E-state index in [2.05, 4.69) is 32.0 Å². The minimum atomic E-state index is 0.455. The van der Waals surface area contributed by atoms with Crippen LogP contribution in [-0.2, 0) is 11.2 Å². The van der Waals surface area contributed by atoms with Crippen molar-refractivity contribution in [3.63, 3.8) is 0 Å². The highest BCUT2D eigenvalue weighted by molar-refractivity contribution is 5.79. The smallest absolute Gasteiger partial charge is 0.132 e. The Bertz CT molecular complexity index is 382. The monoisotopic (exact) mass is 216 g/mol. The van der Waals surface area contributed by atoms with E-state index in [-0.39, 0.29) is 0 Å². The molecule has 1 aromatic rings. The van der Waals surface area contributed by atoms with Gasteiger partial charge in [0.2, 0.25) is 0 Å². The van der Waals surface area contributed by atoms with Crippen molar-refractivity contribution in [3.05, 3.63) is 34.9 Å². The molecule has 86 valence electrons. The Morgan fingerprint density at radius 1 is 1.12 bits per heavy atom. The van der Waals surface area contributed by atoms with E-state index in [1.54, 1.807) is 0 Å². The average Bonchev–Trinajstić information content (AvgIpc) is 2.27. The van der Waals surface area contributed by atoms with Crippen molar-refractivity contribution in [2.75, 3.05) is 0 Å². The maximum absolute atomic E-state index is 11.2. The predicted molar refractivity (Wildman–Crippen MR) is 66.6 cm³/mol. The fourth-order valence-corrected chi connectivity index (χ4v) is 2.47. The molecule has 0 radical (unpaired) electrons. The van der Waals surface area contributed by atoms with Crippen LogP contribution in [0.15, 0.2) is 18.2 Å². The fourth-order valence-electron chi connectivity index (χ4n) is 2.47. The van der Waals surface area contributed by atoms with Crippen molar-refractivity contribution >= 4 is 5.78 Å². The zero-order valence-electron chi connectivity index (χ0n) is 10.3. The first kappa shape index (κ1) is 11.4. The van der Waals surface area contributed by atoms with Gasteiger partial charge in [0.15, 0.2) is 0 Å². The van der Waals surface area contributed by atoms with Crippen molar-refractivity contribution in [1.82, 2.24) is 0 Å². The minimum absolute atomic E-state index is 0.455. The Morgan fingerprint density at radius 3 is 2.44 bits per heavy atom. The molecule has 16 heavy (non-hydrogen) atoms. The van der Waals surface area contributed by atoms with Crippen molar-refractivity contribution in [1.29, 1.82) is 0 Å². The van der Waals surface area contributed by atoms with Crippen molar-refractivity contribution in [2.45, 2.75) is 46.0 Å². The fraction of sp³-hybridized carbons (Fsp3) is 0.533. The van der Waals surface area contributed by atoms with Crippen LogP contribution in [0.2, 0.25) is 0 Å². The summed E-state index contributed by atoms with van der Waals surface area (Å²) in [7, 11) is 0. The molecule has 2 rings (SSSR count). The first-order valence-corrected chi connectivity index (χ1v) is 6.23. The molecule has 0 aromatic heterocycles. The van der Waals surface area contributed by atoms with Crippen LogP contribution in [0, 0.1) is 19.8 Å². The van der Waals surface area contributed by atoms with Crippen LogP contribution in [0.5, 0.6) is 0 Å². The topological polar surface area (TPSA) is 17.1 Å². The van der Waals surface area contributed by atoms with E-state index in [1.807, 2.05) is 0 Å². The van der Waals surface area contributed by atoms with Crippen LogP contribution >= 0.6 is 0 Å². The summed E-state index contributed by atoms with van der Waals surface area (Å²) in [6.45, 7) is 4.32. The Balaban J connectivity index is 1.98. The molecule has 1 nitrogen and oxygen atoms in total. The Kier molecular flexibility index (Phi) is 3.42. The predicted octanol–water partition coefficient (Wildman–Crippen LogP) is 3.61. The molecule has 0 atom stereocenters. The van der Waals surface area contributed by atoms with Crippen molar-refractivity contribution in [3.8, 4) is 0 Å². The molecular weight excluding hydrogens is 196 g/mol. The molecule has 1 aromatic carbocycles. The molecule has 0 saturated heterocycles. The molecule has 0 aliphatic heterocycles. The number of ketones is 1. The van der Waals surface area contributed by atoms with Crippen molar-refractivity contribution in [2.24, 2.45) is 5.92 Å². The van der Waals surface area contributed by atoms with E-state index < -0.39 is 0 Å². The lowest BCUT2D eigenvalue weighted by molar-refractivity contribution is -0.120. The van der Waals surface area contributed by atoms with Gasteiger partial charge >= 0.3 is 0 Å². The van der Waals surface area contributed by atoms with E-state index >= 15 is 0 Å². The third-order valence-electron chi connectivity index (χ3n) is 3.76. The number of carbonyl (C=O) groups excluding carboxylic acids is 1. The van der Waals surface area contributed by atoms with Gasteiger partial charge in [0.05, 0.1) is 0 Å². The van der Waals surface area contributed by atoms with Crippen LogP contribution in [0.25, 0.3) is 0 Å². The SMILES string of the molecule is Cc1ccc(CC2CCC(=O)CC2)cc1C. The van der Waals surface area contributed by atoms with Crippen LogP contribution in [-0.4, -0.2) is 5.78 Å². The number of carbonyl (C=O) groups is 1. The van der Waals surface area contributed by atoms with E-state index in [9.17, 15) is 4.79 Å². The lowest BCUT2D eigenvalue weighted by Gasteiger charge is -2.21. The van der Waals surface area contributed by atoms with Crippen LogP contribution in [0.3, 0.4) is 0 Å². The van der Waals surface area contributed by atoms with Crippen LogP contribution in [0.1, 0.15) is 42.4 Å². The van der Waals surface area contributed by atoms with E-state index in [4.69, 9.17) is 0 Å². The van der Waals surface area contributed by atoms with E-state index in [0.29, 0.717) is 5.78 Å². The Hall–Kier alpha value is -1.11. The summed E-state index contributed by atoms with van der Waals surface area (Å²) in [4.78, 5) is 11.2. The second-order valence-electron chi connectivity index (χ2n) is 5.10. The molecule has 0 unspecified atom stereocenters. The maximum atomic E-state index is 11.2. The number of Topliss-reactive ketones (excluding diaryl/α,β-unsaturated/α-hetero) is 1. The summed E-state index contributed by atoms with van der Waals surface area (Å²) < 4.78 is 0. The highest BCUT2D eigenvalue weighted by atomic mass is 16.1. The first-order valence-electron chi connectivity index (χ1n) is 6.23. The van der Waals surface area contributed by atoms with Gasteiger partial charge in [-0.1, -0.05) is 18.2 Å². The zero-order chi connectivity index (χ0) is 11.5. The summed E-state index contributed by atoms with van der Waals surface area (Å²) >= 11 is 0. The largest absolute Gasteiger partial charge is 0.300 e. The molecule has 1 heteroatoms. The zero-order valence-corrected chi connectivity index (χ0v) is 10.3. The minimum Gasteiger partial charge on any atom is -0.300 e. The maximum Gasteiger partial charge on any atom is 0.132 e. The van der Waals surface area contributed by atoms with E-state index in [0.717, 1.165) is 38.0 Å². The number of aryl methyl sites for hydroxylation is 2. The summed E-state index contributed by atoms with van der Waals surface area (Å²) in [5, 5.41) is 0. The number of hydrogen-bond acceptors (Lipinski definition) is 1. The molecule has 1 saturated carbocycles. The molecule has 1 aliphatic rings. The molecule has 1 fully saturated rings. The highest BCUT2D eigenvalue weighted by Crippen LogP contribution is 2.25. The van der Waals surface area contributed by atoms with E-state index in [1.165, 1.54) is 16.7 Å². The molecule has 0 bridgehead atoms. The third kappa shape index (κ3) is 2.72. The first-order chi connectivity index (χ1) is 7.65. The third-order valence-corrected chi connectivity index (χ3v) is 3.76. The van der Waals surface area contributed by atoms with Gasteiger partial charge in [0.25, 0.3) is 0 Å². The summed E-state index contributed by atoms with van der Waals surface area (Å²) in [6, 6.07) is 6.74. The number of hydrogen-bond donors (Lipinski definition) is 0. The summed E-state index contributed by atoms with van der Waals surface area (Å²) in [5.74, 6) is 1.18. The molecule has 0 amide bonds. The quantitative estimate of drug-likeness (QED) is 0.738. The van der Waals surface area contributed by atoms with Crippen LogP contribution < -0.4 is 0 Å². The summed E-state index contributed by atoms with van der Waals surface area (Å²) in [6.07, 6.45) is 4.93. The standard InChI is InChI=1S/C15H20O/c1-11-3-4-14(9-12(11)2)10-13-5-7-15(16)8-6-13/h3-4,9,13H,5-8,10H2,1-2H3. The van der Waals surface area contributed by atoms with Gasteiger partial charge in [0, 0.05) is 12.8 Å². The molecule has 0 spiro atoms. The lowest BCUT2D eigenvalue weighted by atomic mass is 9.84. The van der Waals surface area contributed by atoms with Gasteiger partial charge in [0.1, 0.15) is 5.78 Å². The number of rotatable bonds is 2. The van der Waals surface area contributed by atoms with Crippen molar-refractivity contribution < 1.29 is 4.79 Å². The van der Waals surface area contributed by atoms with Crippen LogP contribution in [0.4, 0.5) is 0 Å². The summed E-state index contributed by atoms with van der Waals surface area (Å²) in [5.41, 5.74) is 4.18. The van der Waals surface area contributed by atoms with Gasteiger partial charge in [-0.15, -0.1) is 0 Å². The van der Waals surface area contributed by atoms with Gasteiger partial charge < -0.3 is 0 Å². The van der Waals surface area contributed by atoms with Gasteiger partial charge in [-0.05, 0) is 55.7 Å². The molecular formula is C15H20O. The Labute approximate surface area is 97.9 Å².